The number of rotatable bonds is 5. The summed E-state index contributed by atoms with van der Waals surface area (Å²) in [5, 5.41) is -0.211. The maximum atomic E-state index is 11.9. The summed E-state index contributed by atoms with van der Waals surface area (Å²) in [6.07, 6.45) is 0. The van der Waals surface area contributed by atoms with Crippen molar-refractivity contribution in [3.05, 3.63) is 28.7 Å². The second kappa shape index (κ2) is 6.18. The molecule has 1 rings (SSSR count). The van der Waals surface area contributed by atoms with E-state index >= 15 is 0 Å². The van der Waals surface area contributed by atoms with E-state index in [1.807, 2.05) is 13.8 Å². The Morgan fingerprint density at radius 2 is 2.06 bits per heavy atom. The molecule has 0 saturated heterocycles. The van der Waals surface area contributed by atoms with Crippen molar-refractivity contribution in [2.45, 2.75) is 24.1 Å². The Bertz CT molecular complexity index is 476. The van der Waals surface area contributed by atoms with E-state index in [2.05, 4.69) is 20.7 Å². The normalized spacial score (nSPS) is 13.9. The molecule has 0 saturated carbocycles. The molecular formula is C11H15BrClNO2S. The summed E-state index contributed by atoms with van der Waals surface area (Å²) in [4.78, 5) is 0.236. The van der Waals surface area contributed by atoms with Gasteiger partial charge in [-0.25, -0.2) is 13.1 Å². The summed E-state index contributed by atoms with van der Waals surface area (Å²) < 4.78 is 27.1. The van der Waals surface area contributed by atoms with E-state index in [9.17, 15) is 8.42 Å². The van der Waals surface area contributed by atoms with Crippen LogP contribution in [0.2, 0.25) is 0 Å². The maximum Gasteiger partial charge on any atom is 0.240 e. The zero-order valence-electron chi connectivity index (χ0n) is 9.65. The molecule has 0 aliphatic heterocycles. The summed E-state index contributed by atoms with van der Waals surface area (Å²) in [5.41, 5.74) is 0. The molecule has 3 nitrogen and oxygen atoms in total. The quantitative estimate of drug-likeness (QED) is 0.838. The molecule has 1 aromatic rings. The van der Waals surface area contributed by atoms with E-state index in [1.165, 1.54) is 0 Å². The fraction of sp³-hybridized carbons (Fsp3) is 0.455. The third-order valence-corrected chi connectivity index (χ3v) is 4.87. The lowest BCUT2D eigenvalue weighted by Gasteiger charge is -2.14. The van der Waals surface area contributed by atoms with Gasteiger partial charge in [0.25, 0.3) is 0 Å². The minimum absolute atomic E-state index is 0.211. The number of halogens is 2. The molecule has 0 heterocycles. The Morgan fingerprint density at radius 1 is 1.41 bits per heavy atom. The fourth-order valence-corrected chi connectivity index (χ4v) is 2.97. The molecule has 6 heteroatoms. The van der Waals surface area contributed by atoms with Gasteiger partial charge in [-0.15, -0.1) is 11.6 Å². The monoisotopic (exact) mass is 339 g/mol. The predicted molar refractivity (Wildman–Crippen MR) is 73.8 cm³/mol. The van der Waals surface area contributed by atoms with Crippen molar-refractivity contribution >= 4 is 37.6 Å². The van der Waals surface area contributed by atoms with Gasteiger partial charge in [0.2, 0.25) is 10.0 Å². The van der Waals surface area contributed by atoms with Crippen LogP contribution in [0, 0.1) is 5.92 Å². The van der Waals surface area contributed by atoms with Gasteiger partial charge in [-0.05, 0) is 24.1 Å². The standard InChI is InChI=1S/C11H15BrClNO2S/c1-8(2)11(13)7-14-17(15,16)10-5-3-4-9(12)6-10/h3-6,8,11,14H,7H2,1-2H3. The van der Waals surface area contributed by atoms with Gasteiger partial charge in [0.05, 0.1) is 4.90 Å². The van der Waals surface area contributed by atoms with Gasteiger partial charge in [-0.1, -0.05) is 35.8 Å². The maximum absolute atomic E-state index is 11.9. The number of benzene rings is 1. The number of sulfonamides is 1. The van der Waals surface area contributed by atoms with Crippen LogP contribution in [0.15, 0.2) is 33.6 Å². The predicted octanol–water partition coefficient (Wildman–Crippen LogP) is 2.99. The zero-order chi connectivity index (χ0) is 13.1. The van der Waals surface area contributed by atoms with Crippen molar-refractivity contribution in [1.82, 2.24) is 4.72 Å². The Labute approximate surface area is 116 Å². The van der Waals surface area contributed by atoms with Gasteiger partial charge in [0, 0.05) is 16.4 Å². The fourth-order valence-electron chi connectivity index (χ4n) is 1.14. The van der Waals surface area contributed by atoms with Crippen molar-refractivity contribution in [3.8, 4) is 0 Å². The zero-order valence-corrected chi connectivity index (χ0v) is 12.8. The van der Waals surface area contributed by atoms with Crippen LogP contribution in [0.5, 0.6) is 0 Å². The van der Waals surface area contributed by atoms with Crippen molar-refractivity contribution < 1.29 is 8.42 Å². The summed E-state index contributed by atoms with van der Waals surface area (Å²) in [7, 11) is -3.48. The number of nitrogens with one attached hydrogen (secondary N) is 1. The lowest BCUT2D eigenvalue weighted by molar-refractivity contribution is 0.556. The van der Waals surface area contributed by atoms with Crippen LogP contribution in [-0.4, -0.2) is 20.3 Å². The average molecular weight is 341 g/mol. The van der Waals surface area contributed by atoms with Crippen molar-refractivity contribution in [2.75, 3.05) is 6.54 Å². The Morgan fingerprint density at radius 3 is 2.59 bits per heavy atom. The molecule has 0 aliphatic carbocycles. The third kappa shape index (κ3) is 4.58. The number of alkyl halides is 1. The highest BCUT2D eigenvalue weighted by molar-refractivity contribution is 9.10. The van der Waals surface area contributed by atoms with E-state index in [4.69, 9.17) is 11.6 Å². The molecule has 96 valence electrons. The van der Waals surface area contributed by atoms with Crippen LogP contribution in [0.3, 0.4) is 0 Å². The first kappa shape index (κ1) is 15.0. The smallest absolute Gasteiger partial charge is 0.210 e. The van der Waals surface area contributed by atoms with E-state index in [1.54, 1.807) is 24.3 Å². The molecule has 0 aliphatic rings. The molecule has 0 bridgehead atoms. The molecule has 0 radical (unpaired) electrons. The van der Waals surface area contributed by atoms with Gasteiger partial charge in [0.15, 0.2) is 0 Å². The summed E-state index contributed by atoms with van der Waals surface area (Å²) in [6, 6.07) is 6.56. The van der Waals surface area contributed by atoms with Crippen LogP contribution >= 0.6 is 27.5 Å². The topological polar surface area (TPSA) is 46.2 Å². The van der Waals surface area contributed by atoms with Crippen LogP contribution in [0.1, 0.15) is 13.8 Å². The molecule has 0 fully saturated rings. The first-order valence-corrected chi connectivity index (χ1v) is 7.93. The second-order valence-electron chi connectivity index (χ2n) is 4.07. The van der Waals surface area contributed by atoms with Gasteiger partial charge in [-0.2, -0.15) is 0 Å². The molecule has 0 aromatic heterocycles. The van der Waals surface area contributed by atoms with Crippen molar-refractivity contribution in [2.24, 2.45) is 5.92 Å². The van der Waals surface area contributed by atoms with Gasteiger partial charge in [-0.3, -0.25) is 0 Å². The second-order valence-corrected chi connectivity index (χ2v) is 7.31. The number of hydrogen-bond acceptors (Lipinski definition) is 2. The highest BCUT2D eigenvalue weighted by Crippen LogP contribution is 2.16. The molecule has 17 heavy (non-hydrogen) atoms. The highest BCUT2D eigenvalue weighted by atomic mass is 79.9. The minimum atomic E-state index is -3.48. The van der Waals surface area contributed by atoms with Gasteiger partial charge >= 0.3 is 0 Å². The largest absolute Gasteiger partial charge is 0.240 e. The van der Waals surface area contributed by atoms with E-state index in [-0.39, 0.29) is 22.7 Å². The van der Waals surface area contributed by atoms with Crippen LogP contribution in [0.25, 0.3) is 0 Å². The van der Waals surface area contributed by atoms with Crippen LogP contribution in [-0.2, 0) is 10.0 Å². The van der Waals surface area contributed by atoms with E-state index in [0.717, 1.165) is 4.47 Å². The van der Waals surface area contributed by atoms with E-state index < -0.39 is 10.0 Å². The van der Waals surface area contributed by atoms with Crippen LogP contribution in [0.4, 0.5) is 0 Å². The molecule has 0 spiro atoms. The third-order valence-electron chi connectivity index (χ3n) is 2.30. The molecular weight excluding hydrogens is 326 g/mol. The molecule has 1 N–H and O–H groups in total. The summed E-state index contributed by atoms with van der Waals surface area (Å²) in [5.74, 6) is 0.224. The Hall–Kier alpha value is -0.100. The highest BCUT2D eigenvalue weighted by Gasteiger charge is 2.17. The average Bonchev–Trinajstić information content (AvgIpc) is 2.26. The molecule has 1 unspecified atom stereocenters. The van der Waals surface area contributed by atoms with Crippen LogP contribution < -0.4 is 4.72 Å². The molecule has 1 atom stereocenters. The molecule has 0 amide bonds. The Kier molecular flexibility index (Phi) is 5.44. The van der Waals surface area contributed by atoms with Crippen molar-refractivity contribution in [1.29, 1.82) is 0 Å². The number of hydrogen-bond donors (Lipinski definition) is 1. The summed E-state index contributed by atoms with van der Waals surface area (Å²) in [6.45, 7) is 4.13. The SMILES string of the molecule is CC(C)C(Cl)CNS(=O)(=O)c1cccc(Br)c1. The summed E-state index contributed by atoms with van der Waals surface area (Å²) >= 11 is 9.24. The Balaban J connectivity index is 2.76. The lowest BCUT2D eigenvalue weighted by Crippen LogP contribution is -2.32. The van der Waals surface area contributed by atoms with Gasteiger partial charge in [0.1, 0.15) is 0 Å². The lowest BCUT2D eigenvalue weighted by atomic mass is 10.1. The van der Waals surface area contributed by atoms with Crippen molar-refractivity contribution in [3.63, 3.8) is 0 Å². The first-order valence-electron chi connectivity index (χ1n) is 5.22. The molecule has 1 aromatic carbocycles. The first-order chi connectivity index (χ1) is 7.83. The minimum Gasteiger partial charge on any atom is -0.210 e. The van der Waals surface area contributed by atoms with Gasteiger partial charge < -0.3 is 0 Å². The van der Waals surface area contributed by atoms with E-state index in [0.29, 0.717) is 0 Å².